The van der Waals surface area contributed by atoms with Gasteiger partial charge in [-0.3, -0.25) is 5.32 Å². The van der Waals surface area contributed by atoms with Gasteiger partial charge >= 0.3 is 0 Å². The van der Waals surface area contributed by atoms with Crippen LogP contribution in [0.4, 0.5) is 14.7 Å². The third-order valence-electron chi connectivity index (χ3n) is 6.04. The van der Waals surface area contributed by atoms with Gasteiger partial charge in [-0.15, -0.1) is 0 Å². The lowest BCUT2D eigenvalue weighted by molar-refractivity contribution is 0.0903. The fraction of sp³-hybridized carbons (Fsp3) is 0.333. The smallest absolute Gasteiger partial charge is 0.223 e. The molecule has 0 saturated carbocycles. The molecule has 0 aliphatic carbocycles. The largest absolute Gasteiger partial charge is 0.494 e. The van der Waals surface area contributed by atoms with E-state index in [1.807, 2.05) is 0 Å². The van der Waals surface area contributed by atoms with Crippen LogP contribution in [-0.2, 0) is 4.74 Å². The number of halogens is 2. The van der Waals surface area contributed by atoms with Gasteiger partial charge in [0, 0.05) is 31.0 Å². The van der Waals surface area contributed by atoms with Crippen LogP contribution >= 0.6 is 0 Å². The van der Waals surface area contributed by atoms with Crippen molar-refractivity contribution >= 4 is 16.9 Å². The molecule has 2 atom stereocenters. The van der Waals surface area contributed by atoms with Gasteiger partial charge in [0.25, 0.3) is 0 Å². The number of rotatable bonds is 8. The van der Waals surface area contributed by atoms with Crippen molar-refractivity contribution in [3.63, 3.8) is 0 Å². The Labute approximate surface area is 199 Å². The topological polar surface area (TPSA) is 113 Å². The van der Waals surface area contributed by atoms with Crippen LogP contribution in [0.3, 0.4) is 0 Å². The number of ether oxygens (including phenoxy) is 2. The number of aliphatic hydroxyl groups excluding tert-OH is 1. The Morgan fingerprint density at radius 2 is 1.89 bits per heavy atom. The van der Waals surface area contributed by atoms with Gasteiger partial charge < -0.3 is 19.9 Å². The maximum Gasteiger partial charge on any atom is 0.223 e. The Balaban J connectivity index is 1.40. The summed E-state index contributed by atoms with van der Waals surface area (Å²) in [5.41, 5.74) is 1.60. The van der Waals surface area contributed by atoms with Crippen LogP contribution in [0.1, 0.15) is 36.2 Å². The summed E-state index contributed by atoms with van der Waals surface area (Å²) in [5.74, 6) is -0.638. The van der Waals surface area contributed by atoms with Crippen LogP contribution in [-0.4, -0.2) is 41.4 Å². The number of azo groups is 1. The first-order chi connectivity index (χ1) is 17.0. The quantitative estimate of drug-likeness (QED) is 0.414. The van der Waals surface area contributed by atoms with Crippen LogP contribution in [0.15, 0.2) is 58.7 Å². The highest BCUT2D eigenvalue weighted by atomic mass is 19.1. The third-order valence-corrected chi connectivity index (χ3v) is 6.04. The summed E-state index contributed by atoms with van der Waals surface area (Å²) < 4.78 is 39.5. The van der Waals surface area contributed by atoms with Gasteiger partial charge in [0.2, 0.25) is 5.95 Å². The molecule has 3 N–H and O–H groups in total. The third kappa shape index (κ3) is 4.97. The number of anilines is 1. The fourth-order valence-electron chi connectivity index (χ4n) is 4.09. The maximum atomic E-state index is 14.9. The number of nitrogens with zero attached hydrogens (tertiary/aromatic N) is 4. The van der Waals surface area contributed by atoms with Crippen LogP contribution in [0.2, 0.25) is 0 Å². The molecule has 1 saturated heterocycles. The average Bonchev–Trinajstić information content (AvgIpc) is 2.83. The molecule has 3 aromatic rings. The SMILES string of the molecule is COc1ccc(C(NC(O)c2cc(F)c3cnc(NC4CCOCC4)nc3c2)C2=CN=N2)cc1F. The molecule has 11 heteroatoms. The number of hydrogen-bond donors (Lipinski definition) is 3. The Kier molecular flexibility index (Phi) is 6.62. The van der Waals surface area contributed by atoms with E-state index in [0.717, 1.165) is 12.8 Å². The van der Waals surface area contributed by atoms with Crippen molar-refractivity contribution in [2.75, 3.05) is 25.6 Å². The molecule has 1 fully saturated rings. The molecule has 3 heterocycles. The number of aromatic nitrogens is 2. The molecule has 0 amide bonds. The van der Waals surface area contributed by atoms with Crippen molar-refractivity contribution in [2.45, 2.75) is 31.2 Å². The fourth-order valence-corrected chi connectivity index (χ4v) is 4.09. The van der Waals surface area contributed by atoms with Crippen LogP contribution in [0.25, 0.3) is 10.9 Å². The summed E-state index contributed by atoms with van der Waals surface area (Å²) in [5, 5.41) is 25.1. The summed E-state index contributed by atoms with van der Waals surface area (Å²) in [7, 11) is 1.38. The van der Waals surface area contributed by atoms with Crippen LogP contribution in [0.5, 0.6) is 5.75 Å². The van der Waals surface area contributed by atoms with Crippen LogP contribution < -0.4 is 15.4 Å². The average molecular weight is 482 g/mol. The lowest BCUT2D eigenvalue weighted by Crippen LogP contribution is -2.29. The van der Waals surface area contributed by atoms with Crippen molar-refractivity contribution in [3.8, 4) is 5.75 Å². The van der Waals surface area contributed by atoms with Gasteiger partial charge in [-0.05, 0) is 42.7 Å². The predicted octanol–water partition coefficient (Wildman–Crippen LogP) is 4.14. The van der Waals surface area contributed by atoms with Gasteiger partial charge in [-0.2, -0.15) is 10.2 Å². The first-order valence-corrected chi connectivity index (χ1v) is 11.2. The number of methoxy groups -OCH3 is 1. The van der Waals surface area contributed by atoms with Crippen molar-refractivity contribution in [1.82, 2.24) is 15.3 Å². The number of fused-ring (bicyclic) bond motifs is 1. The zero-order valence-corrected chi connectivity index (χ0v) is 18.9. The second kappa shape index (κ2) is 9.98. The maximum absolute atomic E-state index is 14.9. The van der Waals surface area contributed by atoms with E-state index in [-0.39, 0.29) is 22.7 Å². The van der Waals surface area contributed by atoms with Gasteiger partial charge in [0.05, 0.1) is 30.3 Å². The summed E-state index contributed by atoms with van der Waals surface area (Å²) in [6, 6.07) is 6.74. The Hall–Kier alpha value is -3.54. The molecular weight excluding hydrogens is 458 g/mol. The minimum absolute atomic E-state index is 0.0960. The predicted molar refractivity (Wildman–Crippen MR) is 124 cm³/mol. The zero-order chi connectivity index (χ0) is 24.4. The second-order valence-electron chi connectivity index (χ2n) is 8.33. The summed E-state index contributed by atoms with van der Waals surface area (Å²) in [4.78, 5) is 8.68. The molecule has 35 heavy (non-hydrogen) atoms. The highest BCUT2D eigenvalue weighted by molar-refractivity contribution is 5.80. The molecule has 2 aliphatic rings. The van der Waals surface area contributed by atoms with E-state index >= 15 is 0 Å². The number of hydrogen-bond acceptors (Lipinski definition) is 9. The standard InChI is InChI=1S/C24H24F2N6O3/c1-34-21-3-2-13(8-18(21)26)22(20-12-28-32-20)31-23(33)14-9-17(25)16-11-27-24(30-19(16)10-14)29-15-4-6-35-7-5-15/h2-3,8-12,15,22-23,31,33H,4-7H2,1H3,(H,27,29,30). The minimum atomic E-state index is -1.30. The molecule has 5 rings (SSSR count). The van der Waals surface area contributed by atoms with E-state index in [0.29, 0.717) is 35.9 Å². The van der Waals surface area contributed by atoms with Crippen molar-refractivity contribution < 1.29 is 23.4 Å². The van der Waals surface area contributed by atoms with Gasteiger partial charge in [-0.25, -0.2) is 18.7 Å². The monoisotopic (exact) mass is 482 g/mol. The Bertz CT molecular complexity index is 1300. The molecule has 2 unspecified atom stereocenters. The highest BCUT2D eigenvalue weighted by Crippen LogP contribution is 2.32. The molecule has 1 aromatic heterocycles. The van der Waals surface area contributed by atoms with Gasteiger partial charge in [0.15, 0.2) is 11.6 Å². The van der Waals surface area contributed by atoms with E-state index < -0.39 is 23.9 Å². The molecule has 0 radical (unpaired) electrons. The molecule has 0 bridgehead atoms. The molecule has 0 spiro atoms. The first kappa shape index (κ1) is 23.2. The van der Waals surface area contributed by atoms with Crippen molar-refractivity contribution in [1.29, 1.82) is 0 Å². The van der Waals surface area contributed by atoms with Crippen LogP contribution in [0, 0.1) is 11.6 Å². The number of aliphatic hydroxyl groups is 1. The van der Waals surface area contributed by atoms with E-state index in [9.17, 15) is 13.9 Å². The van der Waals surface area contributed by atoms with Crippen molar-refractivity contribution in [3.05, 3.63) is 71.2 Å². The van der Waals surface area contributed by atoms with E-state index in [2.05, 4.69) is 30.8 Å². The molecule has 9 nitrogen and oxygen atoms in total. The minimum Gasteiger partial charge on any atom is -0.494 e. The molecule has 182 valence electrons. The molecule has 2 aromatic carbocycles. The summed E-state index contributed by atoms with van der Waals surface area (Å²) in [6.07, 6.45) is 3.29. The number of nitrogens with one attached hydrogen (secondary N) is 2. The number of benzene rings is 2. The molecular formula is C24H24F2N6O3. The van der Waals surface area contributed by atoms with E-state index in [4.69, 9.17) is 9.47 Å². The summed E-state index contributed by atoms with van der Waals surface area (Å²) in [6.45, 7) is 1.33. The van der Waals surface area contributed by atoms with E-state index in [1.54, 1.807) is 12.1 Å². The second-order valence-corrected chi connectivity index (χ2v) is 8.33. The Morgan fingerprint density at radius 1 is 1.11 bits per heavy atom. The highest BCUT2D eigenvalue weighted by Gasteiger charge is 2.25. The lowest BCUT2D eigenvalue weighted by atomic mass is 10.0. The normalized spacial score (nSPS) is 17.5. The Morgan fingerprint density at radius 3 is 2.57 bits per heavy atom. The van der Waals surface area contributed by atoms with E-state index in [1.165, 1.54) is 37.7 Å². The van der Waals surface area contributed by atoms with Crippen molar-refractivity contribution in [2.24, 2.45) is 10.2 Å². The van der Waals surface area contributed by atoms with Gasteiger partial charge in [0.1, 0.15) is 17.7 Å². The molecule has 2 aliphatic heterocycles. The summed E-state index contributed by atoms with van der Waals surface area (Å²) >= 11 is 0. The first-order valence-electron chi connectivity index (χ1n) is 11.2. The van der Waals surface area contributed by atoms with Gasteiger partial charge in [-0.1, -0.05) is 6.07 Å². The zero-order valence-electron chi connectivity index (χ0n) is 18.9. The lowest BCUT2D eigenvalue weighted by Gasteiger charge is -2.25.